The molecule has 1 N–H and O–H groups in total. The molecule has 28 heavy (non-hydrogen) atoms. The van der Waals surface area contributed by atoms with Crippen LogP contribution in [0.5, 0.6) is 0 Å². The number of sulfone groups is 1. The van der Waals surface area contributed by atoms with E-state index in [1.807, 2.05) is 11.4 Å². The van der Waals surface area contributed by atoms with Crippen LogP contribution in [-0.4, -0.2) is 48.5 Å². The summed E-state index contributed by atoms with van der Waals surface area (Å²) in [6.07, 6.45) is 5.42. The van der Waals surface area contributed by atoms with Crippen molar-refractivity contribution in [3.8, 4) is 0 Å². The normalized spacial score (nSPS) is 26.3. The SMILES string of the molecule is O=C(NC(c1cccs1)C1CCCC1)C1=NN(C2CCS(=O)(=O)C2)C(=O)CC1. The lowest BCUT2D eigenvalue weighted by atomic mass is 9.96. The van der Waals surface area contributed by atoms with Gasteiger partial charge in [0.15, 0.2) is 9.84 Å². The van der Waals surface area contributed by atoms with Gasteiger partial charge in [0.2, 0.25) is 5.91 Å². The summed E-state index contributed by atoms with van der Waals surface area (Å²) in [5.41, 5.74) is 0.323. The molecule has 1 aliphatic carbocycles. The smallest absolute Gasteiger partial charge is 0.268 e. The van der Waals surface area contributed by atoms with Crippen LogP contribution in [0.25, 0.3) is 0 Å². The monoisotopic (exact) mass is 423 g/mol. The number of rotatable bonds is 5. The second kappa shape index (κ2) is 7.94. The van der Waals surface area contributed by atoms with Gasteiger partial charge in [-0.2, -0.15) is 5.10 Å². The summed E-state index contributed by atoms with van der Waals surface area (Å²) in [6, 6.07) is 3.56. The molecule has 1 saturated heterocycles. The molecule has 2 atom stereocenters. The number of carbonyl (C=O) groups is 2. The first-order valence-electron chi connectivity index (χ1n) is 9.87. The van der Waals surface area contributed by atoms with Crippen molar-refractivity contribution >= 4 is 38.7 Å². The van der Waals surface area contributed by atoms with Crippen LogP contribution in [0.2, 0.25) is 0 Å². The van der Waals surface area contributed by atoms with E-state index in [-0.39, 0.29) is 35.8 Å². The molecule has 2 fully saturated rings. The van der Waals surface area contributed by atoms with E-state index in [9.17, 15) is 18.0 Å². The van der Waals surface area contributed by atoms with Gasteiger partial charge in [0.25, 0.3) is 5.91 Å². The highest BCUT2D eigenvalue weighted by Crippen LogP contribution is 2.37. The molecule has 0 spiro atoms. The maximum absolute atomic E-state index is 13.0. The Bertz CT molecular complexity index is 873. The predicted octanol–water partition coefficient (Wildman–Crippen LogP) is 2.26. The number of hydrogen-bond acceptors (Lipinski definition) is 6. The Kier molecular flexibility index (Phi) is 5.55. The Hall–Kier alpha value is -1.74. The van der Waals surface area contributed by atoms with E-state index >= 15 is 0 Å². The molecule has 3 heterocycles. The average Bonchev–Trinajstić information content (AvgIpc) is 3.42. The number of hydrogen-bond donors (Lipinski definition) is 1. The van der Waals surface area contributed by atoms with Crippen LogP contribution in [0.3, 0.4) is 0 Å². The van der Waals surface area contributed by atoms with Gasteiger partial charge >= 0.3 is 0 Å². The standard InChI is InChI=1S/C19H25N3O4S2/c23-17-8-7-15(21-22(17)14-9-11-28(25,26)12-14)19(24)20-18(13-4-1-2-5-13)16-6-3-10-27-16/h3,6,10,13-14,18H,1-2,4-5,7-9,11-12H2,(H,20,24). The Morgan fingerprint density at radius 2 is 2.04 bits per heavy atom. The number of hydrazone groups is 1. The van der Waals surface area contributed by atoms with Gasteiger partial charge in [-0.1, -0.05) is 18.9 Å². The first kappa shape index (κ1) is 19.6. The number of carbonyl (C=O) groups excluding carboxylic acids is 2. The minimum atomic E-state index is -3.13. The quantitative estimate of drug-likeness (QED) is 0.786. The van der Waals surface area contributed by atoms with Crippen molar-refractivity contribution in [3.05, 3.63) is 22.4 Å². The third-order valence-corrected chi connectivity index (χ3v) is 8.59. The Balaban J connectivity index is 1.51. The molecule has 7 nitrogen and oxygen atoms in total. The van der Waals surface area contributed by atoms with Crippen molar-refractivity contribution in [1.82, 2.24) is 10.3 Å². The molecule has 0 aromatic carbocycles. The van der Waals surface area contributed by atoms with E-state index in [1.54, 1.807) is 11.3 Å². The zero-order chi connectivity index (χ0) is 19.7. The lowest BCUT2D eigenvalue weighted by molar-refractivity contribution is -0.133. The largest absolute Gasteiger partial charge is 0.343 e. The average molecular weight is 424 g/mol. The molecule has 0 bridgehead atoms. The van der Waals surface area contributed by atoms with Crippen molar-refractivity contribution in [2.24, 2.45) is 11.0 Å². The Morgan fingerprint density at radius 3 is 2.68 bits per heavy atom. The summed E-state index contributed by atoms with van der Waals surface area (Å²) in [4.78, 5) is 26.4. The number of nitrogens with one attached hydrogen (secondary N) is 1. The molecule has 152 valence electrons. The summed E-state index contributed by atoms with van der Waals surface area (Å²) >= 11 is 1.64. The minimum Gasteiger partial charge on any atom is -0.343 e. The number of thiophene rings is 1. The van der Waals surface area contributed by atoms with Gasteiger partial charge < -0.3 is 5.32 Å². The zero-order valence-corrected chi connectivity index (χ0v) is 17.3. The van der Waals surface area contributed by atoms with Crippen molar-refractivity contribution in [2.45, 2.75) is 57.0 Å². The number of nitrogens with zero attached hydrogens (tertiary/aromatic N) is 2. The molecule has 2 amide bonds. The highest BCUT2D eigenvalue weighted by Gasteiger charge is 2.38. The highest BCUT2D eigenvalue weighted by atomic mass is 32.2. The lowest BCUT2D eigenvalue weighted by Gasteiger charge is -2.29. The topological polar surface area (TPSA) is 95.9 Å². The van der Waals surface area contributed by atoms with Crippen molar-refractivity contribution in [1.29, 1.82) is 0 Å². The van der Waals surface area contributed by atoms with E-state index in [0.29, 0.717) is 24.5 Å². The van der Waals surface area contributed by atoms with Crippen LogP contribution in [0.1, 0.15) is 55.9 Å². The first-order valence-corrected chi connectivity index (χ1v) is 12.6. The van der Waals surface area contributed by atoms with E-state index in [0.717, 1.165) is 17.7 Å². The predicted molar refractivity (Wildman–Crippen MR) is 108 cm³/mol. The summed E-state index contributed by atoms with van der Waals surface area (Å²) in [5.74, 6) is -0.0325. The van der Waals surface area contributed by atoms with Crippen LogP contribution in [0.4, 0.5) is 0 Å². The maximum Gasteiger partial charge on any atom is 0.268 e. The van der Waals surface area contributed by atoms with Crippen molar-refractivity contribution in [3.63, 3.8) is 0 Å². The second-order valence-electron chi connectivity index (χ2n) is 7.85. The first-order chi connectivity index (χ1) is 13.4. The molecule has 1 saturated carbocycles. The molecule has 3 aliphatic rings. The van der Waals surface area contributed by atoms with E-state index < -0.39 is 15.9 Å². The second-order valence-corrected chi connectivity index (χ2v) is 11.1. The molecule has 2 aliphatic heterocycles. The van der Waals surface area contributed by atoms with Crippen LogP contribution in [0, 0.1) is 5.92 Å². The molecule has 9 heteroatoms. The van der Waals surface area contributed by atoms with Gasteiger partial charge in [-0.3, -0.25) is 9.59 Å². The van der Waals surface area contributed by atoms with Gasteiger partial charge in [-0.05, 0) is 36.6 Å². The van der Waals surface area contributed by atoms with Gasteiger partial charge in [0.1, 0.15) is 5.71 Å². The zero-order valence-electron chi connectivity index (χ0n) is 15.7. The summed E-state index contributed by atoms with van der Waals surface area (Å²) in [7, 11) is -3.13. The van der Waals surface area contributed by atoms with Crippen LogP contribution >= 0.6 is 11.3 Å². The van der Waals surface area contributed by atoms with Crippen LogP contribution in [0.15, 0.2) is 22.6 Å². The molecule has 0 radical (unpaired) electrons. The fourth-order valence-electron chi connectivity index (χ4n) is 4.39. The maximum atomic E-state index is 13.0. The van der Waals surface area contributed by atoms with E-state index in [4.69, 9.17) is 0 Å². The number of amides is 2. The van der Waals surface area contributed by atoms with Crippen LogP contribution < -0.4 is 5.32 Å². The highest BCUT2D eigenvalue weighted by molar-refractivity contribution is 7.91. The summed E-state index contributed by atoms with van der Waals surface area (Å²) in [6.45, 7) is 0. The third kappa shape index (κ3) is 4.15. The molecule has 2 unspecified atom stereocenters. The third-order valence-electron chi connectivity index (χ3n) is 5.88. The molecule has 1 aromatic rings. The Morgan fingerprint density at radius 1 is 1.25 bits per heavy atom. The van der Waals surface area contributed by atoms with Gasteiger partial charge in [-0.25, -0.2) is 13.4 Å². The molecule has 4 rings (SSSR count). The van der Waals surface area contributed by atoms with E-state index in [2.05, 4.69) is 16.5 Å². The molecular formula is C19H25N3O4S2. The fourth-order valence-corrected chi connectivity index (χ4v) is 6.95. The van der Waals surface area contributed by atoms with Gasteiger partial charge in [0.05, 0.1) is 23.6 Å². The molecule has 1 aromatic heterocycles. The summed E-state index contributed by atoms with van der Waals surface area (Å²) in [5, 5.41) is 10.7. The Labute approximate surface area is 169 Å². The minimum absolute atomic E-state index is 0.0318. The van der Waals surface area contributed by atoms with Crippen molar-refractivity contribution < 1.29 is 18.0 Å². The van der Waals surface area contributed by atoms with E-state index in [1.165, 1.54) is 17.9 Å². The van der Waals surface area contributed by atoms with Crippen molar-refractivity contribution in [2.75, 3.05) is 11.5 Å². The van der Waals surface area contributed by atoms with Gasteiger partial charge in [-0.15, -0.1) is 11.3 Å². The summed E-state index contributed by atoms with van der Waals surface area (Å²) < 4.78 is 23.5. The lowest BCUT2D eigenvalue weighted by Crippen LogP contribution is -2.45. The fraction of sp³-hybridized carbons (Fsp3) is 0.632. The molecular weight excluding hydrogens is 398 g/mol. The van der Waals surface area contributed by atoms with Crippen LogP contribution in [-0.2, 0) is 19.4 Å². The van der Waals surface area contributed by atoms with Gasteiger partial charge in [0, 0.05) is 17.7 Å².